The molecule has 4 heteroatoms. The molecule has 0 aliphatic carbocycles. The van der Waals surface area contributed by atoms with Gasteiger partial charge in [0.15, 0.2) is 0 Å². The maximum absolute atomic E-state index is 8.39. The van der Waals surface area contributed by atoms with Gasteiger partial charge in [0.2, 0.25) is 0 Å². The Kier molecular flexibility index (Phi) is 7.24. The fourth-order valence-corrected chi connectivity index (χ4v) is 1.89. The molecule has 0 radical (unpaired) electrons. The van der Waals surface area contributed by atoms with Crippen LogP contribution in [0.2, 0.25) is 5.02 Å². The van der Waals surface area contributed by atoms with Gasteiger partial charge in [0.1, 0.15) is 5.75 Å². The number of nitriles is 1. The summed E-state index contributed by atoms with van der Waals surface area (Å²) >= 11 is 5.96. The first-order valence-electron chi connectivity index (χ1n) is 6.18. The Bertz CT molecular complexity index is 401. The SMILES string of the molecule is COc1cc(CCCNCCCC#N)ccc1Cl. The molecular weight excluding hydrogens is 248 g/mol. The van der Waals surface area contributed by atoms with E-state index in [-0.39, 0.29) is 0 Å². The van der Waals surface area contributed by atoms with E-state index in [0.717, 1.165) is 38.1 Å². The van der Waals surface area contributed by atoms with Gasteiger partial charge < -0.3 is 10.1 Å². The first kappa shape index (κ1) is 14.8. The summed E-state index contributed by atoms with van der Waals surface area (Å²) in [6.45, 7) is 1.88. The van der Waals surface area contributed by atoms with E-state index in [4.69, 9.17) is 21.6 Å². The summed E-state index contributed by atoms with van der Waals surface area (Å²) in [5.41, 5.74) is 1.23. The average Bonchev–Trinajstić information content (AvgIpc) is 2.39. The van der Waals surface area contributed by atoms with Gasteiger partial charge in [-0.15, -0.1) is 0 Å². The van der Waals surface area contributed by atoms with E-state index in [1.807, 2.05) is 18.2 Å². The van der Waals surface area contributed by atoms with Crippen molar-refractivity contribution < 1.29 is 4.74 Å². The van der Waals surface area contributed by atoms with Crippen LogP contribution in [-0.4, -0.2) is 20.2 Å². The Labute approximate surface area is 114 Å². The van der Waals surface area contributed by atoms with Crippen LogP contribution in [0.1, 0.15) is 24.8 Å². The number of methoxy groups -OCH3 is 1. The van der Waals surface area contributed by atoms with Gasteiger partial charge in [0.25, 0.3) is 0 Å². The van der Waals surface area contributed by atoms with Crippen LogP contribution in [0.25, 0.3) is 0 Å². The number of nitrogens with one attached hydrogen (secondary N) is 1. The molecule has 18 heavy (non-hydrogen) atoms. The summed E-state index contributed by atoms with van der Waals surface area (Å²) < 4.78 is 5.18. The van der Waals surface area contributed by atoms with Gasteiger partial charge in [-0.1, -0.05) is 17.7 Å². The lowest BCUT2D eigenvalue weighted by Crippen LogP contribution is -2.17. The van der Waals surface area contributed by atoms with E-state index in [1.54, 1.807) is 7.11 Å². The maximum atomic E-state index is 8.39. The first-order chi connectivity index (χ1) is 8.77. The van der Waals surface area contributed by atoms with Gasteiger partial charge >= 0.3 is 0 Å². The highest BCUT2D eigenvalue weighted by Gasteiger charge is 2.01. The molecule has 0 aliphatic heterocycles. The number of nitrogens with zero attached hydrogens (tertiary/aromatic N) is 1. The van der Waals surface area contributed by atoms with Crippen molar-refractivity contribution in [3.05, 3.63) is 28.8 Å². The Balaban J connectivity index is 2.21. The molecule has 0 amide bonds. The quantitative estimate of drug-likeness (QED) is 0.735. The molecule has 0 heterocycles. The van der Waals surface area contributed by atoms with Crippen LogP contribution in [-0.2, 0) is 6.42 Å². The van der Waals surface area contributed by atoms with E-state index >= 15 is 0 Å². The highest BCUT2D eigenvalue weighted by atomic mass is 35.5. The third-order valence-electron chi connectivity index (χ3n) is 2.68. The lowest BCUT2D eigenvalue weighted by Gasteiger charge is -2.07. The number of rotatable bonds is 8. The molecule has 0 saturated carbocycles. The summed E-state index contributed by atoms with van der Waals surface area (Å²) in [6, 6.07) is 8.02. The van der Waals surface area contributed by atoms with Crippen LogP contribution in [0.15, 0.2) is 18.2 Å². The van der Waals surface area contributed by atoms with E-state index in [9.17, 15) is 0 Å². The van der Waals surface area contributed by atoms with E-state index < -0.39 is 0 Å². The zero-order valence-electron chi connectivity index (χ0n) is 10.7. The molecule has 98 valence electrons. The fraction of sp³-hybridized carbons (Fsp3) is 0.500. The van der Waals surface area contributed by atoms with Crippen LogP contribution in [0.4, 0.5) is 0 Å². The summed E-state index contributed by atoms with van der Waals surface area (Å²) in [6.07, 6.45) is 3.61. The average molecular weight is 267 g/mol. The Morgan fingerprint density at radius 2 is 2.11 bits per heavy atom. The first-order valence-corrected chi connectivity index (χ1v) is 6.56. The molecule has 0 atom stereocenters. The van der Waals surface area contributed by atoms with Crippen molar-refractivity contribution in [1.82, 2.24) is 5.32 Å². The van der Waals surface area contributed by atoms with Crippen LogP contribution in [0.3, 0.4) is 0 Å². The molecule has 0 spiro atoms. The summed E-state index contributed by atoms with van der Waals surface area (Å²) in [4.78, 5) is 0. The number of ether oxygens (including phenoxy) is 1. The predicted octanol–water partition coefficient (Wildman–Crippen LogP) is 3.17. The van der Waals surface area contributed by atoms with Crippen molar-refractivity contribution in [3.63, 3.8) is 0 Å². The summed E-state index contributed by atoms with van der Waals surface area (Å²) in [7, 11) is 1.63. The molecule has 0 saturated heterocycles. The monoisotopic (exact) mass is 266 g/mol. The summed E-state index contributed by atoms with van der Waals surface area (Å²) in [5.74, 6) is 0.733. The molecule has 0 aliphatic rings. The number of halogens is 1. The highest BCUT2D eigenvalue weighted by molar-refractivity contribution is 6.32. The van der Waals surface area contributed by atoms with Gasteiger partial charge in [-0.05, 0) is 50.0 Å². The smallest absolute Gasteiger partial charge is 0.137 e. The lowest BCUT2D eigenvalue weighted by atomic mass is 10.1. The molecule has 0 bridgehead atoms. The second kappa shape index (κ2) is 8.79. The predicted molar refractivity (Wildman–Crippen MR) is 74.0 cm³/mol. The highest BCUT2D eigenvalue weighted by Crippen LogP contribution is 2.25. The standard InChI is InChI=1S/C14H19ClN2O/c1-18-14-11-12(6-7-13(14)15)5-4-10-17-9-3-2-8-16/h6-7,11,17H,2-5,9-10H2,1H3. The maximum Gasteiger partial charge on any atom is 0.137 e. The molecular formula is C14H19ClN2O. The van der Waals surface area contributed by atoms with Crippen LogP contribution < -0.4 is 10.1 Å². The molecule has 0 unspecified atom stereocenters. The van der Waals surface area contributed by atoms with Crippen molar-refractivity contribution in [1.29, 1.82) is 5.26 Å². The zero-order chi connectivity index (χ0) is 13.2. The van der Waals surface area contributed by atoms with Crippen LogP contribution in [0.5, 0.6) is 5.75 Å². The van der Waals surface area contributed by atoms with Crippen molar-refractivity contribution in [2.45, 2.75) is 25.7 Å². The topological polar surface area (TPSA) is 45.0 Å². The van der Waals surface area contributed by atoms with Gasteiger partial charge in [0.05, 0.1) is 18.2 Å². The molecule has 3 nitrogen and oxygen atoms in total. The van der Waals surface area contributed by atoms with E-state index in [0.29, 0.717) is 11.4 Å². The van der Waals surface area contributed by atoms with Crippen molar-refractivity contribution in [2.75, 3.05) is 20.2 Å². The number of benzene rings is 1. The Hall–Kier alpha value is -1.24. The molecule has 1 rings (SSSR count). The third kappa shape index (κ3) is 5.39. The molecule has 0 fully saturated rings. The minimum atomic E-state index is 0.626. The number of hydrogen-bond acceptors (Lipinski definition) is 3. The van der Waals surface area contributed by atoms with Gasteiger partial charge in [-0.25, -0.2) is 0 Å². The molecule has 1 aromatic rings. The third-order valence-corrected chi connectivity index (χ3v) is 2.99. The number of aryl methyl sites for hydroxylation is 1. The number of hydrogen-bond donors (Lipinski definition) is 1. The minimum absolute atomic E-state index is 0.626. The fourth-order valence-electron chi connectivity index (χ4n) is 1.69. The van der Waals surface area contributed by atoms with Gasteiger partial charge in [-0.2, -0.15) is 5.26 Å². The van der Waals surface area contributed by atoms with Crippen molar-refractivity contribution in [3.8, 4) is 11.8 Å². The van der Waals surface area contributed by atoms with Crippen molar-refractivity contribution in [2.24, 2.45) is 0 Å². The second-order valence-corrected chi connectivity index (χ2v) is 4.49. The molecule has 0 aromatic heterocycles. The Morgan fingerprint density at radius 1 is 1.33 bits per heavy atom. The number of unbranched alkanes of at least 4 members (excludes halogenated alkanes) is 1. The van der Waals surface area contributed by atoms with Gasteiger partial charge in [-0.3, -0.25) is 0 Å². The minimum Gasteiger partial charge on any atom is -0.495 e. The van der Waals surface area contributed by atoms with E-state index in [1.165, 1.54) is 5.56 Å². The van der Waals surface area contributed by atoms with Gasteiger partial charge in [0, 0.05) is 6.42 Å². The molecule has 1 aromatic carbocycles. The normalized spacial score (nSPS) is 10.1. The molecule has 1 N–H and O–H groups in total. The lowest BCUT2D eigenvalue weighted by molar-refractivity contribution is 0.414. The Morgan fingerprint density at radius 3 is 2.83 bits per heavy atom. The van der Waals surface area contributed by atoms with Crippen LogP contribution in [0, 0.1) is 11.3 Å². The summed E-state index contributed by atoms with van der Waals surface area (Å²) in [5, 5.41) is 12.4. The zero-order valence-corrected chi connectivity index (χ0v) is 11.5. The largest absolute Gasteiger partial charge is 0.495 e. The second-order valence-electron chi connectivity index (χ2n) is 4.08. The van der Waals surface area contributed by atoms with Crippen LogP contribution >= 0.6 is 11.6 Å². The van der Waals surface area contributed by atoms with Crippen molar-refractivity contribution >= 4 is 11.6 Å². The van der Waals surface area contributed by atoms with E-state index in [2.05, 4.69) is 11.4 Å².